The zero-order valence-corrected chi connectivity index (χ0v) is 11.1. The third-order valence-corrected chi connectivity index (χ3v) is 2.33. The summed E-state index contributed by atoms with van der Waals surface area (Å²) >= 11 is 0. The summed E-state index contributed by atoms with van der Waals surface area (Å²) in [7, 11) is 0. The molecule has 0 unspecified atom stereocenters. The quantitative estimate of drug-likeness (QED) is 0.801. The van der Waals surface area contributed by atoms with Crippen molar-refractivity contribution in [2.45, 2.75) is 26.7 Å². The third-order valence-electron chi connectivity index (χ3n) is 2.33. The average Bonchev–Trinajstić information content (AvgIpc) is 2.41. The molecule has 1 aromatic carbocycles. The number of aromatic hydroxyl groups is 1. The number of benzene rings is 1. The summed E-state index contributed by atoms with van der Waals surface area (Å²) < 4.78 is 9.84. The number of hydrogen-bond donors (Lipinski definition) is 1. The number of carbonyl (C=O) groups excluding carboxylic acids is 2. The fourth-order valence-corrected chi connectivity index (χ4v) is 1.38. The molecule has 0 aliphatic heterocycles. The maximum atomic E-state index is 11.6. The molecule has 1 aromatic rings. The van der Waals surface area contributed by atoms with E-state index in [1.54, 1.807) is 0 Å². The minimum atomic E-state index is -0.604. The summed E-state index contributed by atoms with van der Waals surface area (Å²) in [5.41, 5.74) is 0.249. The zero-order valence-electron chi connectivity index (χ0n) is 11.1. The summed E-state index contributed by atoms with van der Waals surface area (Å²) in [6.07, 6.45) is 1.42. The van der Waals surface area contributed by atoms with Crippen LogP contribution in [0.3, 0.4) is 0 Å². The number of rotatable bonds is 6. The van der Waals surface area contributed by atoms with Gasteiger partial charge in [-0.15, -0.1) is 0 Å². The number of phenolic OH excluding ortho intramolecular Hbond substituents is 1. The molecule has 0 radical (unpaired) electrons. The van der Waals surface area contributed by atoms with Gasteiger partial charge in [0, 0.05) is 0 Å². The molecule has 0 fully saturated rings. The van der Waals surface area contributed by atoms with Crippen molar-refractivity contribution < 1.29 is 24.2 Å². The Balaban J connectivity index is 2.79. The lowest BCUT2D eigenvalue weighted by atomic mass is 10.1. The van der Waals surface area contributed by atoms with Crippen LogP contribution in [-0.2, 0) is 9.47 Å². The van der Waals surface area contributed by atoms with Crippen LogP contribution < -0.4 is 0 Å². The lowest BCUT2D eigenvalue weighted by molar-refractivity contribution is 0.0487. The van der Waals surface area contributed by atoms with Crippen LogP contribution in [0, 0.1) is 0 Å². The van der Waals surface area contributed by atoms with E-state index in [4.69, 9.17) is 9.47 Å². The van der Waals surface area contributed by atoms with E-state index in [1.165, 1.54) is 18.2 Å². The van der Waals surface area contributed by atoms with Gasteiger partial charge in [-0.2, -0.15) is 0 Å². The van der Waals surface area contributed by atoms with E-state index in [0.717, 1.165) is 6.42 Å². The Kier molecular flexibility index (Phi) is 5.85. The molecular weight excluding hydrogens is 248 g/mol. The van der Waals surface area contributed by atoms with Gasteiger partial charge >= 0.3 is 11.9 Å². The highest BCUT2D eigenvalue weighted by Crippen LogP contribution is 2.20. The first-order chi connectivity index (χ1) is 9.10. The smallest absolute Gasteiger partial charge is 0.341 e. The Hall–Kier alpha value is -2.04. The number of ether oxygens (including phenoxy) is 2. The summed E-state index contributed by atoms with van der Waals surface area (Å²) in [5, 5.41) is 9.73. The molecule has 5 nitrogen and oxygen atoms in total. The van der Waals surface area contributed by atoms with Crippen molar-refractivity contribution in [3.63, 3.8) is 0 Å². The highest BCUT2D eigenvalue weighted by atomic mass is 16.5. The standard InChI is InChI=1S/C14H18O5/c1-3-7-18-13(16)10-5-6-11(12(15)9-10)14(17)19-8-4-2/h5-6,9,15H,3-4,7-8H2,1-2H3. The maximum absolute atomic E-state index is 11.6. The molecule has 0 aliphatic rings. The maximum Gasteiger partial charge on any atom is 0.341 e. The number of carbonyl (C=O) groups is 2. The lowest BCUT2D eigenvalue weighted by Crippen LogP contribution is -2.09. The molecule has 0 aromatic heterocycles. The van der Waals surface area contributed by atoms with E-state index in [2.05, 4.69) is 0 Å². The number of hydrogen-bond acceptors (Lipinski definition) is 5. The Morgan fingerprint density at radius 3 is 2.16 bits per heavy atom. The fraction of sp³-hybridized carbons (Fsp3) is 0.429. The third kappa shape index (κ3) is 4.28. The van der Waals surface area contributed by atoms with Crippen LogP contribution in [0.4, 0.5) is 0 Å². The predicted molar refractivity (Wildman–Crippen MR) is 69.3 cm³/mol. The first kappa shape index (κ1) is 15.0. The first-order valence-electron chi connectivity index (χ1n) is 6.27. The molecule has 1 rings (SSSR count). The summed E-state index contributed by atoms with van der Waals surface area (Å²) in [6, 6.07) is 4.00. The fourth-order valence-electron chi connectivity index (χ4n) is 1.38. The van der Waals surface area contributed by atoms with Crippen LogP contribution in [-0.4, -0.2) is 30.3 Å². The molecule has 0 bridgehead atoms. The molecule has 0 amide bonds. The van der Waals surface area contributed by atoms with Gasteiger partial charge in [-0.1, -0.05) is 13.8 Å². The minimum absolute atomic E-state index is 0.0421. The molecular formula is C14H18O5. The van der Waals surface area contributed by atoms with Crippen LogP contribution in [0.15, 0.2) is 18.2 Å². The Morgan fingerprint density at radius 1 is 1.05 bits per heavy atom. The Morgan fingerprint density at radius 2 is 1.63 bits per heavy atom. The predicted octanol–water partition coefficient (Wildman–Crippen LogP) is 2.53. The van der Waals surface area contributed by atoms with Gasteiger partial charge in [0.05, 0.1) is 18.8 Å². The summed E-state index contributed by atoms with van der Waals surface area (Å²) in [5.74, 6) is -1.41. The van der Waals surface area contributed by atoms with Crippen molar-refractivity contribution in [1.29, 1.82) is 0 Å². The molecule has 0 saturated carbocycles. The second-order valence-electron chi connectivity index (χ2n) is 4.00. The topological polar surface area (TPSA) is 72.8 Å². The van der Waals surface area contributed by atoms with E-state index in [1.807, 2.05) is 13.8 Å². The molecule has 0 spiro atoms. The lowest BCUT2D eigenvalue weighted by Gasteiger charge is -2.07. The number of phenols is 1. The van der Waals surface area contributed by atoms with Gasteiger partial charge in [0.1, 0.15) is 11.3 Å². The van der Waals surface area contributed by atoms with E-state index in [-0.39, 0.29) is 16.9 Å². The van der Waals surface area contributed by atoms with Gasteiger partial charge in [-0.3, -0.25) is 0 Å². The second kappa shape index (κ2) is 7.41. The summed E-state index contributed by atoms with van der Waals surface area (Å²) in [6.45, 7) is 4.37. The zero-order chi connectivity index (χ0) is 14.3. The average molecular weight is 266 g/mol. The second-order valence-corrected chi connectivity index (χ2v) is 4.00. The molecule has 5 heteroatoms. The molecule has 0 aliphatic carbocycles. The van der Waals surface area contributed by atoms with Gasteiger partial charge in [-0.25, -0.2) is 9.59 Å². The van der Waals surface area contributed by atoms with E-state index in [9.17, 15) is 14.7 Å². The van der Waals surface area contributed by atoms with Gasteiger partial charge in [0.25, 0.3) is 0 Å². The molecule has 0 heterocycles. The van der Waals surface area contributed by atoms with E-state index in [0.29, 0.717) is 19.6 Å². The van der Waals surface area contributed by atoms with Crippen molar-refractivity contribution in [2.75, 3.05) is 13.2 Å². The normalized spacial score (nSPS) is 10.0. The van der Waals surface area contributed by atoms with Crippen LogP contribution in [0.5, 0.6) is 5.75 Å². The van der Waals surface area contributed by atoms with Crippen molar-refractivity contribution >= 4 is 11.9 Å². The van der Waals surface area contributed by atoms with Crippen molar-refractivity contribution in [2.24, 2.45) is 0 Å². The highest BCUT2D eigenvalue weighted by molar-refractivity contribution is 5.95. The monoisotopic (exact) mass is 266 g/mol. The summed E-state index contributed by atoms with van der Waals surface area (Å²) in [4.78, 5) is 23.1. The van der Waals surface area contributed by atoms with Gasteiger partial charge in [0.2, 0.25) is 0 Å². The van der Waals surface area contributed by atoms with Crippen molar-refractivity contribution in [3.05, 3.63) is 29.3 Å². The van der Waals surface area contributed by atoms with Gasteiger partial charge in [-0.05, 0) is 31.0 Å². The van der Waals surface area contributed by atoms with Crippen LogP contribution in [0.25, 0.3) is 0 Å². The molecule has 0 atom stereocenters. The van der Waals surface area contributed by atoms with E-state index >= 15 is 0 Å². The van der Waals surface area contributed by atoms with Crippen molar-refractivity contribution in [1.82, 2.24) is 0 Å². The molecule has 1 N–H and O–H groups in total. The highest BCUT2D eigenvalue weighted by Gasteiger charge is 2.15. The first-order valence-corrected chi connectivity index (χ1v) is 6.27. The number of esters is 2. The van der Waals surface area contributed by atoms with Crippen molar-refractivity contribution in [3.8, 4) is 5.75 Å². The SMILES string of the molecule is CCCOC(=O)c1ccc(C(=O)OCCC)c(O)c1. The minimum Gasteiger partial charge on any atom is -0.507 e. The molecule has 19 heavy (non-hydrogen) atoms. The largest absolute Gasteiger partial charge is 0.507 e. The van der Waals surface area contributed by atoms with Crippen LogP contribution >= 0.6 is 0 Å². The van der Waals surface area contributed by atoms with Gasteiger partial charge < -0.3 is 14.6 Å². The van der Waals surface area contributed by atoms with E-state index < -0.39 is 11.9 Å². The van der Waals surface area contributed by atoms with Crippen LogP contribution in [0.2, 0.25) is 0 Å². The molecule has 0 saturated heterocycles. The van der Waals surface area contributed by atoms with Gasteiger partial charge in [0.15, 0.2) is 0 Å². The Labute approximate surface area is 112 Å². The Bertz CT molecular complexity index is 453. The van der Waals surface area contributed by atoms with Crippen LogP contribution in [0.1, 0.15) is 47.4 Å². The molecule has 104 valence electrons.